The predicted molar refractivity (Wildman–Crippen MR) is 94.7 cm³/mol. The van der Waals surface area contributed by atoms with E-state index in [4.69, 9.17) is 4.74 Å². The Hall–Kier alpha value is -0.414. The molecule has 0 saturated carbocycles. The molecule has 136 valence electrons. The third kappa shape index (κ3) is 7.30. The summed E-state index contributed by atoms with van der Waals surface area (Å²) in [4.78, 5) is -0.446. The van der Waals surface area contributed by atoms with Crippen molar-refractivity contribution >= 4 is 10.1 Å². The molecular weight excluding hydrogens is 379 g/mol. The van der Waals surface area contributed by atoms with Crippen molar-refractivity contribution in [1.29, 1.82) is 0 Å². The van der Waals surface area contributed by atoms with Crippen molar-refractivity contribution in [3.8, 4) is 17.2 Å². The van der Waals surface area contributed by atoms with Gasteiger partial charge in [-0.25, -0.2) is 0 Å². The Labute approximate surface area is 198 Å². The van der Waals surface area contributed by atoms with Gasteiger partial charge in [-0.1, -0.05) is 50.8 Å². The summed E-state index contributed by atoms with van der Waals surface area (Å²) in [6.07, 6.45) is 5.72. The zero-order chi connectivity index (χ0) is 18.3. The Bertz CT molecular complexity index is 791. The van der Waals surface area contributed by atoms with E-state index >= 15 is 0 Å². The van der Waals surface area contributed by atoms with Crippen LogP contribution in [0.2, 0.25) is 0 Å². The van der Waals surface area contributed by atoms with Gasteiger partial charge < -0.3 is 9.84 Å². The molecule has 0 fully saturated rings. The Morgan fingerprint density at radius 1 is 1.04 bits per heavy atom. The SMILES string of the molecule is CCCCCCCc1c([O-])cc(S(=O)(=O)O)cc1Oc1ccccc1.[K+]. The molecule has 0 aliphatic carbocycles. The second-order valence-electron chi connectivity index (χ2n) is 5.95. The minimum Gasteiger partial charge on any atom is -0.872 e. The molecule has 0 aliphatic heterocycles. The first-order valence-corrected chi connectivity index (χ1v) is 9.90. The molecule has 0 aromatic heterocycles. The van der Waals surface area contributed by atoms with Crippen LogP contribution in [0.25, 0.3) is 0 Å². The van der Waals surface area contributed by atoms with E-state index in [0.29, 0.717) is 17.7 Å². The molecule has 0 atom stereocenters. The van der Waals surface area contributed by atoms with E-state index in [9.17, 15) is 18.1 Å². The molecule has 26 heavy (non-hydrogen) atoms. The number of rotatable bonds is 9. The molecule has 0 spiro atoms. The number of ether oxygens (including phenoxy) is 1. The molecule has 0 aliphatic rings. The Balaban J connectivity index is 0.00000338. The summed E-state index contributed by atoms with van der Waals surface area (Å²) in [5.74, 6) is 0.250. The van der Waals surface area contributed by atoms with E-state index in [0.717, 1.165) is 38.2 Å². The van der Waals surface area contributed by atoms with Crippen LogP contribution in [-0.4, -0.2) is 13.0 Å². The van der Waals surface area contributed by atoms with Gasteiger partial charge in [0.05, 0.1) is 4.90 Å². The molecule has 0 heterocycles. The van der Waals surface area contributed by atoms with Crippen LogP contribution in [0.3, 0.4) is 0 Å². The van der Waals surface area contributed by atoms with Gasteiger partial charge in [-0.05, 0) is 36.6 Å². The molecular formula is C19H23KO5S. The van der Waals surface area contributed by atoms with Gasteiger partial charge in [0.15, 0.2) is 0 Å². The number of unbranched alkanes of at least 4 members (excludes halogenated alkanes) is 4. The largest absolute Gasteiger partial charge is 1.00 e. The number of benzene rings is 2. The van der Waals surface area contributed by atoms with E-state index in [-0.39, 0.29) is 57.1 Å². The zero-order valence-electron chi connectivity index (χ0n) is 15.3. The van der Waals surface area contributed by atoms with Crippen molar-refractivity contribution in [1.82, 2.24) is 0 Å². The fraction of sp³-hybridized carbons (Fsp3) is 0.368. The van der Waals surface area contributed by atoms with Crippen molar-refractivity contribution < 1.29 is 74.2 Å². The summed E-state index contributed by atoms with van der Waals surface area (Å²) in [7, 11) is -4.47. The van der Waals surface area contributed by atoms with Crippen LogP contribution in [0.1, 0.15) is 44.6 Å². The Morgan fingerprint density at radius 2 is 1.69 bits per heavy atom. The second-order valence-corrected chi connectivity index (χ2v) is 7.37. The third-order valence-electron chi connectivity index (χ3n) is 3.94. The average Bonchev–Trinajstić information content (AvgIpc) is 2.56. The predicted octanol–water partition coefficient (Wildman–Crippen LogP) is 1.32. The third-order valence-corrected chi connectivity index (χ3v) is 4.77. The quantitative estimate of drug-likeness (QED) is 0.388. The Kier molecular flexibility index (Phi) is 10.4. The van der Waals surface area contributed by atoms with E-state index < -0.39 is 20.8 Å². The van der Waals surface area contributed by atoms with Crippen molar-refractivity contribution in [2.45, 2.75) is 50.3 Å². The number of hydrogen-bond donors (Lipinski definition) is 1. The maximum atomic E-state index is 12.4. The van der Waals surface area contributed by atoms with Crippen LogP contribution in [-0.2, 0) is 16.5 Å². The summed E-state index contributed by atoms with van der Waals surface area (Å²) < 4.78 is 37.8. The van der Waals surface area contributed by atoms with Gasteiger partial charge in [0, 0.05) is 6.07 Å². The van der Waals surface area contributed by atoms with E-state index in [1.165, 1.54) is 6.07 Å². The van der Waals surface area contributed by atoms with Gasteiger partial charge in [-0.3, -0.25) is 4.55 Å². The van der Waals surface area contributed by atoms with E-state index in [1.807, 2.05) is 6.07 Å². The normalized spacial score (nSPS) is 11.0. The summed E-state index contributed by atoms with van der Waals surface area (Å²) in [6.45, 7) is 2.13. The molecule has 2 rings (SSSR count). The topological polar surface area (TPSA) is 86.7 Å². The van der Waals surface area contributed by atoms with Gasteiger partial charge in [0.2, 0.25) is 0 Å². The first kappa shape index (κ1) is 23.6. The van der Waals surface area contributed by atoms with E-state index in [2.05, 4.69) is 6.92 Å². The molecule has 2 aromatic rings. The fourth-order valence-corrected chi connectivity index (χ4v) is 3.11. The number of hydrogen-bond acceptors (Lipinski definition) is 4. The van der Waals surface area contributed by atoms with Crippen molar-refractivity contribution in [2.75, 3.05) is 0 Å². The van der Waals surface area contributed by atoms with Crippen molar-refractivity contribution in [2.24, 2.45) is 0 Å². The van der Waals surface area contributed by atoms with Crippen molar-refractivity contribution in [3.63, 3.8) is 0 Å². The molecule has 0 unspecified atom stereocenters. The molecule has 0 radical (unpaired) electrons. The van der Waals surface area contributed by atoms with Gasteiger partial charge in [0.1, 0.15) is 11.5 Å². The summed E-state index contributed by atoms with van der Waals surface area (Å²) in [6, 6.07) is 11.0. The monoisotopic (exact) mass is 402 g/mol. The molecule has 0 saturated heterocycles. The first-order valence-electron chi connectivity index (χ1n) is 8.46. The second kappa shape index (κ2) is 11.4. The fourth-order valence-electron chi connectivity index (χ4n) is 2.60. The van der Waals surface area contributed by atoms with Crippen LogP contribution in [0.5, 0.6) is 17.2 Å². The molecule has 1 N–H and O–H groups in total. The Morgan fingerprint density at radius 3 is 2.31 bits per heavy atom. The zero-order valence-corrected chi connectivity index (χ0v) is 19.2. The van der Waals surface area contributed by atoms with Gasteiger partial charge in [-0.15, -0.1) is 5.75 Å². The van der Waals surface area contributed by atoms with Crippen LogP contribution in [0.4, 0.5) is 0 Å². The molecule has 0 amide bonds. The maximum absolute atomic E-state index is 12.4. The molecule has 5 nitrogen and oxygen atoms in total. The van der Waals surface area contributed by atoms with Gasteiger partial charge in [-0.2, -0.15) is 8.42 Å². The van der Waals surface area contributed by atoms with Crippen LogP contribution >= 0.6 is 0 Å². The van der Waals surface area contributed by atoms with Gasteiger partial charge in [0.25, 0.3) is 10.1 Å². The van der Waals surface area contributed by atoms with Crippen LogP contribution in [0.15, 0.2) is 47.4 Å². The van der Waals surface area contributed by atoms with Gasteiger partial charge >= 0.3 is 51.4 Å². The number of para-hydroxylation sites is 1. The average molecular weight is 403 g/mol. The minimum absolute atomic E-state index is 0. The smallest absolute Gasteiger partial charge is 0.872 e. The standard InChI is InChI=1S/C19H24O5S.K/c1-2-3-4-5-9-12-17-18(20)13-16(25(21,22)23)14-19(17)24-15-10-7-6-8-11-15;/h6-8,10-11,13-14,20H,2-5,9,12H2,1H3,(H,21,22,23);/q;+1/p-1. The minimum atomic E-state index is -4.47. The van der Waals surface area contributed by atoms with Crippen LogP contribution in [0, 0.1) is 0 Å². The molecule has 0 bridgehead atoms. The summed E-state index contributed by atoms with van der Waals surface area (Å²) in [5.41, 5.74) is 0.438. The van der Waals surface area contributed by atoms with Crippen molar-refractivity contribution in [3.05, 3.63) is 48.0 Å². The van der Waals surface area contributed by atoms with E-state index in [1.54, 1.807) is 24.3 Å². The molecule has 7 heteroatoms. The first-order chi connectivity index (χ1) is 11.9. The summed E-state index contributed by atoms with van der Waals surface area (Å²) >= 11 is 0. The summed E-state index contributed by atoms with van der Waals surface area (Å²) in [5, 5.41) is 12.4. The van der Waals surface area contributed by atoms with Crippen LogP contribution < -0.4 is 61.2 Å². The maximum Gasteiger partial charge on any atom is 1.00 e. The molecule has 2 aromatic carbocycles.